The van der Waals surface area contributed by atoms with Crippen LogP contribution in [0.15, 0.2) is 23.5 Å². The van der Waals surface area contributed by atoms with E-state index in [2.05, 4.69) is 9.98 Å². The van der Waals surface area contributed by atoms with Crippen LogP contribution in [0.2, 0.25) is 0 Å². The highest BCUT2D eigenvalue weighted by Gasteiger charge is 2.23. The standard InChI is InChI=1S/C12H16F3N3S/c1-3-9(4-5-17-7-12(13,14)15)11-18-6-10(19-11)8(2)16/h4-9H,3,16H2,1-2H3/b5-4-,17-7?. The van der Waals surface area contributed by atoms with Gasteiger partial charge in [-0.1, -0.05) is 13.0 Å². The van der Waals surface area contributed by atoms with Gasteiger partial charge in [-0.3, -0.25) is 4.99 Å². The number of rotatable bonds is 5. The second-order valence-corrected chi connectivity index (χ2v) is 5.16. The van der Waals surface area contributed by atoms with Crippen LogP contribution in [-0.4, -0.2) is 17.4 Å². The number of nitrogens with zero attached hydrogens (tertiary/aromatic N) is 2. The number of nitrogens with two attached hydrogens (primary N) is 1. The monoisotopic (exact) mass is 291 g/mol. The minimum absolute atomic E-state index is 0.0363. The number of aromatic nitrogens is 1. The van der Waals surface area contributed by atoms with Gasteiger partial charge in [-0.15, -0.1) is 11.3 Å². The maximum Gasteiger partial charge on any atom is 0.426 e. The van der Waals surface area contributed by atoms with Crippen molar-refractivity contribution in [2.24, 2.45) is 10.7 Å². The molecule has 19 heavy (non-hydrogen) atoms. The molecule has 106 valence electrons. The van der Waals surface area contributed by atoms with E-state index in [-0.39, 0.29) is 18.2 Å². The highest BCUT2D eigenvalue weighted by Crippen LogP contribution is 2.28. The quantitative estimate of drug-likeness (QED) is 0.839. The SMILES string of the molecule is CCC(/C=C\N=CC(F)(F)F)c1ncc(C(C)N)s1. The van der Waals surface area contributed by atoms with Crippen LogP contribution in [0.25, 0.3) is 0 Å². The van der Waals surface area contributed by atoms with E-state index in [0.29, 0.717) is 0 Å². The molecule has 0 aliphatic carbocycles. The van der Waals surface area contributed by atoms with Crippen molar-refractivity contribution in [1.29, 1.82) is 0 Å². The Morgan fingerprint density at radius 3 is 2.68 bits per heavy atom. The van der Waals surface area contributed by atoms with Crippen molar-refractivity contribution in [3.05, 3.63) is 28.4 Å². The summed E-state index contributed by atoms with van der Waals surface area (Å²) in [6.45, 7) is 3.80. The molecule has 2 atom stereocenters. The average molecular weight is 291 g/mol. The zero-order valence-electron chi connectivity index (χ0n) is 10.7. The highest BCUT2D eigenvalue weighted by atomic mass is 32.1. The number of aliphatic imine (C=N–C) groups is 1. The molecule has 0 aliphatic heterocycles. The molecule has 0 fully saturated rings. The number of allylic oxidation sites excluding steroid dienone is 1. The number of hydrogen-bond donors (Lipinski definition) is 1. The Morgan fingerprint density at radius 2 is 2.21 bits per heavy atom. The van der Waals surface area contributed by atoms with Crippen LogP contribution in [0, 0.1) is 0 Å². The Hall–Kier alpha value is -1.21. The van der Waals surface area contributed by atoms with Crippen LogP contribution in [0.1, 0.15) is 42.1 Å². The fourth-order valence-corrected chi connectivity index (χ4v) is 2.39. The molecule has 0 amide bonds. The molecule has 0 spiro atoms. The largest absolute Gasteiger partial charge is 0.426 e. The van der Waals surface area contributed by atoms with Gasteiger partial charge in [0.2, 0.25) is 0 Å². The van der Waals surface area contributed by atoms with E-state index in [9.17, 15) is 13.2 Å². The van der Waals surface area contributed by atoms with Crippen molar-refractivity contribution < 1.29 is 13.2 Å². The van der Waals surface area contributed by atoms with E-state index in [1.165, 1.54) is 11.3 Å². The minimum atomic E-state index is -4.38. The molecular weight excluding hydrogens is 275 g/mol. The van der Waals surface area contributed by atoms with Gasteiger partial charge < -0.3 is 5.73 Å². The predicted octanol–water partition coefficient (Wildman–Crippen LogP) is 3.80. The normalized spacial score (nSPS) is 16.3. The summed E-state index contributed by atoms with van der Waals surface area (Å²) < 4.78 is 35.6. The van der Waals surface area contributed by atoms with E-state index in [0.717, 1.165) is 22.5 Å². The molecule has 0 radical (unpaired) electrons. The third-order valence-corrected chi connectivity index (χ3v) is 3.70. The number of hydrogen-bond acceptors (Lipinski definition) is 4. The Kier molecular flexibility index (Phi) is 5.68. The molecule has 1 aromatic heterocycles. The van der Waals surface area contributed by atoms with Crippen LogP contribution in [0.5, 0.6) is 0 Å². The van der Waals surface area contributed by atoms with Gasteiger partial charge in [-0.05, 0) is 13.3 Å². The van der Waals surface area contributed by atoms with Gasteiger partial charge in [-0.25, -0.2) is 4.98 Å². The first-order chi connectivity index (χ1) is 8.83. The topological polar surface area (TPSA) is 51.3 Å². The molecule has 1 rings (SSSR count). The van der Waals surface area contributed by atoms with E-state index in [4.69, 9.17) is 5.73 Å². The third kappa shape index (κ3) is 5.52. The van der Waals surface area contributed by atoms with E-state index in [1.807, 2.05) is 13.8 Å². The first kappa shape index (κ1) is 15.8. The van der Waals surface area contributed by atoms with Crippen molar-refractivity contribution in [1.82, 2.24) is 4.98 Å². The van der Waals surface area contributed by atoms with Gasteiger partial charge in [0, 0.05) is 29.2 Å². The van der Waals surface area contributed by atoms with Crippen molar-refractivity contribution >= 4 is 17.6 Å². The van der Waals surface area contributed by atoms with Crippen molar-refractivity contribution in [2.45, 2.75) is 38.4 Å². The Morgan fingerprint density at radius 1 is 1.53 bits per heavy atom. The van der Waals surface area contributed by atoms with Crippen molar-refractivity contribution in [3.63, 3.8) is 0 Å². The van der Waals surface area contributed by atoms with Gasteiger partial charge in [0.1, 0.15) is 6.21 Å². The summed E-state index contributed by atoms with van der Waals surface area (Å²) in [7, 11) is 0. The van der Waals surface area contributed by atoms with Gasteiger partial charge in [0.05, 0.1) is 5.01 Å². The molecule has 3 nitrogen and oxygen atoms in total. The summed E-state index contributed by atoms with van der Waals surface area (Å²) >= 11 is 1.48. The van der Waals surface area contributed by atoms with Crippen molar-refractivity contribution in [2.75, 3.05) is 0 Å². The van der Waals surface area contributed by atoms with E-state index >= 15 is 0 Å². The Bertz CT molecular complexity index is 449. The third-order valence-electron chi connectivity index (χ3n) is 2.37. The molecule has 0 bridgehead atoms. The van der Waals surface area contributed by atoms with Gasteiger partial charge >= 0.3 is 6.18 Å². The fourth-order valence-electron chi connectivity index (χ4n) is 1.36. The van der Waals surface area contributed by atoms with E-state index in [1.54, 1.807) is 12.3 Å². The Labute approximate surface area is 114 Å². The molecule has 0 aliphatic rings. The summed E-state index contributed by atoms with van der Waals surface area (Å²) in [5.41, 5.74) is 5.74. The number of thiazole rings is 1. The summed E-state index contributed by atoms with van der Waals surface area (Å²) in [5, 5.41) is 0.841. The minimum Gasteiger partial charge on any atom is -0.323 e. The molecule has 0 aromatic carbocycles. The van der Waals surface area contributed by atoms with Crippen LogP contribution >= 0.6 is 11.3 Å². The van der Waals surface area contributed by atoms with Crippen LogP contribution < -0.4 is 5.73 Å². The van der Waals surface area contributed by atoms with Crippen LogP contribution in [0.4, 0.5) is 13.2 Å². The fraction of sp³-hybridized carbons (Fsp3) is 0.500. The number of alkyl halides is 3. The van der Waals surface area contributed by atoms with Gasteiger partial charge in [-0.2, -0.15) is 13.2 Å². The molecule has 0 saturated carbocycles. The Balaban J connectivity index is 2.72. The summed E-state index contributed by atoms with van der Waals surface area (Å²) in [6.07, 6.45) is 0.811. The average Bonchev–Trinajstić information content (AvgIpc) is 2.77. The first-order valence-corrected chi connectivity index (χ1v) is 6.64. The molecular formula is C12H16F3N3S. The zero-order chi connectivity index (χ0) is 14.5. The van der Waals surface area contributed by atoms with E-state index < -0.39 is 6.18 Å². The molecule has 2 unspecified atom stereocenters. The lowest BCUT2D eigenvalue weighted by molar-refractivity contribution is -0.0535. The summed E-state index contributed by atoms with van der Waals surface area (Å²) in [5.74, 6) is -0.0390. The lowest BCUT2D eigenvalue weighted by Crippen LogP contribution is -2.07. The van der Waals surface area contributed by atoms with Gasteiger partial charge in [0.15, 0.2) is 0 Å². The summed E-state index contributed by atoms with van der Waals surface area (Å²) in [4.78, 5) is 8.43. The smallest absolute Gasteiger partial charge is 0.323 e. The van der Waals surface area contributed by atoms with Crippen molar-refractivity contribution in [3.8, 4) is 0 Å². The van der Waals surface area contributed by atoms with Crippen LogP contribution in [0.3, 0.4) is 0 Å². The predicted molar refractivity (Wildman–Crippen MR) is 71.4 cm³/mol. The highest BCUT2D eigenvalue weighted by molar-refractivity contribution is 7.11. The first-order valence-electron chi connectivity index (χ1n) is 5.82. The molecule has 1 heterocycles. The maximum atomic E-state index is 11.9. The van der Waals surface area contributed by atoms with Gasteiger partial charge in [0.25, 0.3) is 0 Å². The van der Waals surface area contributed by atoms with Crippen LogP contribution in [-0.2, 0) is 0 Å². The number of halogens is 3. The maximum absolute atomic E-state index is 11.9. The lowest BCUT2D eigenvalue weighted by Gasteiger charge is -2.05. The zero-order valence-corrected chi connectivity index (χ0v) is 11.5. The second-order valence-electron chi connectivity index (χ2n) is 4.07. The lowest BCUT2D eigenvalue weighted by atomic mass is 10.1. The molecule has 1 aromatic rings. The second kappa shape index (κ2) is 6.81. The molecule has 7 heteroatoms. The molecule has 0 saturated heterocycles. The molecule has 2 N–H and O–H groups in total. The summed E-state index contributed by atoms with van der Waals surface area (Å²) in [6, 6.07) is -0.0871.